The number of nitrogens with zero attached hydrogens (tertiary/aromatic N) is 5. The molecule has 0 amide bonds. The maximum absolute atomic E-state index is 5.90. The number of hydrogen-bond acceptors (Lipinski definition) is 4. The minimum Gasteiger partial charge on any atom is -0.492 e. The van der Waals surface area contributed by atoms with Crippen molar-refractivity contribution in [1.82, 2.24) is 19.4 Å². The molecule has 0 bridgehead atoms. The zero-order chi connectivity index (χ0) is 18.6. The van der Waals surface area contributed by atoms with Crippen LogP contribution in [0, 0.1) is 6.92 Å². The Morgan fingerprint density at radius 1 is 1.07 bits per heavy atom. The van der Waals surface area contributed by atoms with Gasteiger partial charge in [-0.2, -0.15) is 5.10 Å². The van der Waals surface area contributed by atoms with Gasteiger partial charge in [0, 0.05) is 26.6 Å². The molecule has 0 aliphatic rings. The van der Waals surface area contributed by atoms with Crippen LogP contribution in [0.25, 0.3) is 10.9 Å². The van der Waals surface area contributed by atoms with Crippen molar-refractivity contribution in [3.8, 4) is 5.75 Å². The van der Waals surface area contributed by atoms with Crippen molar-refractivity contribution in [2.45, 2.75) is 13.5 Å². The molecule has 0 saturated heterocycles. The highest BCUT2D eigenvalue weighted by Gasteiger charge is 2.12. The molecule has 4 aromatic rings. The summed E-state index contributed by atoms with van der Waals surface area (Å²) in [5.74, 6) is 0.863. The second-order valence-corrected chi connectivity index (χ2v) is 6.97. The van der Waals surface area contributed by atoms with Gasteiger partial charge < -0.3 is 9.30 Å². The monoisotopic (exact) mass is 423 g/mol. The highest BCUT2D eigenvalue weighted by atomic mass is 79.9. The van der Waals surface area contributed by atoms with Crippen molar-refractivity contribution < 1.29 is 4.74 Å². The molecule has 4 rings (SSSR count). The molecule has 2 heterocycles. The molecule has 0 saturated carbocycles. The van der Waals surface area contributed by atoms with Gasteiger partial charge in [0.2, 0.25) is 0 Å². The van der Waals surface area contributed by atoms with Crippen molar-refractivity contribution in [2.75, 3.05) is 6.61 Å². The first-order valence-electron chi connectivity index (χ1n) is 8.57. The zero-order valence-electron chi connectivity index (χ0n) is 14.8. The molecule has 2 aromatic heterocycles. The van der Waals surface area contributed by atoms with Crippen LogP contribution in [0.4, 0.5) is 0 Å². The first-order valence-corrected chi connectivity index (χ1v) is 9.37. The summed E-state index contributed by atoms with van der Waals surface area (Å²) in [4.78, 5) is 0. The van der Waals surface area contributed by atoms with E-state index in [-0.39, 0.29) is 0 Å². The molecule has 0 fully saturated rings. The third-order valence-corrected chi connectivity index (χ3v) is 4.93. The van der Waals surface area contributed by atoms with Crippen molar-refractivity contribution in [3.05, 3.63) is 76.9 Å². The second-order valence-electron chi connectivity index (χ2n) is 6.06. The first kappa shape index (κ1) is 17.5. The van der Waals surface area contributed by atoms with Gasteiger partial charge in [0.1, 0.15) is 25.0 Å². The van der Waals surface area contributed by atoms with Crippen LogP contribution < -0.4 is 4.74 Å². The largest absolute Gasteiger partial charge is 0.492 e. The molecular weight excluding hydrogens is 406 g/mol. The van der Waals surface area contributed by atoms with Crippen LogP contribution in [0.15, 0.2) is 70.8 Å². The number of fused-ring (bicyclic) bond motifs is 1. The Hall–Kier alpha value is -2.93. The number of rotatable bonds is 6. The minimum atomic E-state index is 0.586. The van der Waals surface area contributed by atoms with Gasteiger partial charge >= 0.3 is 0 Å². The molecule has 2 aromatic carbocycles. The first-order chi connectivity index (χ1) is 13.2. The fourth-order valence-electron chi connectivity index (χ4n) is 3.07. The summed E-state index contributed by atoms with van der Waals surface area (Å²) in [7, 11) is 0. The highest BCUT2D eigenvalue weighted by Crippen LogP contribution is 2.25. The average Bonchev–Trinajstić information content (AvgIpc) is 3.29. The normalized spacial score (nSPS) is 11.5. The van der Waals surface area contributed by atoms with Gasteiger partial charge in [0.05, 0.1) is 12.8 Å². The van der Waals surface area contributed by atoms with Gasteiger partial charge in [-0.1, -0.05) is 34.1 Å². The summed E-state index contributed by atoms with van der Waals surface area (Å²) in [6, 6.07) is 16.2. The van der Waals surface area contributed by atoms with E-state index in [0.717, 1.165) is 33.4 Å². The van der Waals surface area contributed by atoms with E-state index in [4.69, 9.17) is 4.74 Å². The molecule has 27 heavy (non-hydrogen) atoms. The van der Waals surface area contributed by atoms with E-state index in [0.29, 0.717) is 6.61 Å². The molecular formula is C20H18BrN5O. The van der Waals surface area contributed by atoms with Gasteiger partial charge in [-0.25, -0.2) is 4.68 Å². The molecule has 0 aliphatic carbocycles. The molecule has 0 spiro atoms. The summed E-state index contributed by atoms with van der Waals surface area (Å²) in [5, 5.41) is 13.1. The van der Waals surface area contributed by atoms with Crippen LogP contribution in [-0.4, -0.2) is 32.3 Å². The van der Waals surface area contributed by atoms with E-state index in [2.05, 4.69) is 60.9 Å². The average molecular weight is 424 g/mol. The summed E-state index contributed by atoms with van der Waals surface area (Å²) < 4.78 is 10.8. The lowest BCUT2D eigenvalue weighted by molar-refractivity contribution is 0.299. The van der Waals surface area contributed by atoms with Crippen LogP contribution in [0.2, 0.25) is 0 Å². The van der Waals surface area contributed by atoms with Gasteiger partial charge in [0.15, 0.2) is 0 Å². The van der Waals surface area contributed by atoms with Crippen LogP contribution in [0.5, 0.6) is 5.75 Å². The Morgan fingerprint density at radius 2 is 1.81 bits per heavy atom. The SMILES string of the molecule is Cc1c(C=Nn2cnnc2)c2ccccc2n1CCOc1ccc(Br)cc1. The number of hydrogen-bond donors (Lipinski definition) is 0. The smallest absolute Gasteiger partial charge is 0.141 e. The number of halogens is 1. The molecule has 7 heteroatoms. The fraction of sp³-hybridized carbons (Fsp3) is 0.150. The molecule has 0 unspecified atom stereocenters. The highest BCUT2D eigenvalue weighted by molar-refractivity contribution is 9.10. The lowest BCUT2D eigenvalue weighted by Gasteiger charge is -2.10. The van der Waals surface area contributed by atoms with E-state index in [1.165, 1.54) is 5.52 Å². The Morgan fingerprint density at radius 3 is 2.59 bits per heavy atom. The van der Waals surface area contributed by atoms with Crippen molar-refractivity contribution in [3.63, 3.8) is 0 Å². The predicted octanol–water partition coefficient (Wildman–Crippen LogP) is 4.26. The van der Waals surface area contributed by atoms with Crippen molar-refractivity contribution in [1.29, 1.82) is 0 Å². The summed E-state index contributed by atoms with van der Waals surface area (Å²) in [5.41, 5.74) is 3.40. The third-order valence-electron chi connectivity index (χ3n) is 4.40. The quantitative estimate of drug-likeness (QED) is 0.435. The Bertz CT molecular complexity index is 1070. The minimum absolute atomic E-state index is 0.586. The standard InChI is InChI=1S/C20H18BrN5O/c1-15-19(12-24-25-13-22-23-14-25)18-4-2-3-5-20(18)26(15)10-11-27-17-8-6-16(21)7-9-17/h2-9,12-14H,10-11H2,1H3. The van der Waals surface area contributed by atoms with E-state index in [9.17, 15) is 0 Å². The maximum Gasteiger partial charge on any atom is 0.141 e. The lowest BCUT2D eigenvalue weighted by atomic mass is 10.1. The van der Waals surface area contributed by atoms with E-state index in [1.807, 2.05) is 36.5 Å². The zero-order valence-corrected chi connectivity index (χ0v) is 16.4. The number of para-hydroxylation sites is 1. The van der Waals surface area contributed by atoms with E-state index >= 15 is 0 Å². The summed E-state index contributed by atoms with van der Waals surface area (Å²) in [6.45, 7) is 3.44. The van der Waals surface area contributed by atoms with E-state index < -0.39 is 0 Å². The number of ether oxygens (including phenoxy) is 1. The predicted molar refractivity (Wildman–Crippen MR) is 109 cm³/mol. The van der Waals surface area contributed by atoms with Crippen LogP contribution in [0.3, 0.4) is 0 Å². The van der Waals surface area contributed by atoms with Gasteiger partial charge in [-0.3, -0.25) is 0 Å². The molecule has 0 atom stereocenters. The van der Waals surface area contributed by atoms with Gasteiger partial charge in [0.25, 0.3) is 0 Å². The fourth-order valence-corrected chi connectivity index (χ4v) is 3.34. The molecule has 0 N–H and O–H groups in total. The summed E-state index contributed by atoms with van der Waals surface area (Å²) >= 11 is 3.44. The maximum atomic E-state index is 5.90. The van der Waals surface area contributed by atoms with Gasteiger partial charge in [-0.05, 0) is 37.3 Å². The van der Waals surface area contributed by atoms with Crippen LogP contribution >= 0.6 is 15.9 Å². The Balaban J connectivity index is 1.58. The number of benzene rings is 2. The second kappa shape index (κ2) is 7.75. The van der Waals surface area contributed by atoms with Crippen LogP contribution in [0.1, 0.15) is 11.3 Å². The third kappa shape index (κ3) is 3.78. The van der Waals surface area contributed by atoms with Crippen molar-refractivity contribution in [2.24, 2.45) is 5.10 Å². The molecule has 6 nitrogen and oxygen atoms in total. The Labute approximate surface area is 165 Å². The van der Waals surface area contributed by atoms with Crippen molar-refractivity contribution >= 4 is 33.0 Å². The lowest BCUT2D eigenvalue weighted by Crippen LogP contribution is -2.09. The number of aromatic nitrogens is 4. The molecule has 0 aliphatic heterocycles. The molecule has 136 valence electrons. The molecule has 0 radical (unpaired) electrons. The Kier molecular flexibility index (Phi) is 5.02. The van der Waals surface area contributed by atoms with Crippen LogP contribution in [-0.2, 0) is 6.54 Å². The van der Waals surface area contributed by atoms with Gasteiger partial charge in [-0.15, -0.1) is 10.2 Å². The summed E-state index contributed by atoms with van der Waals surface area (Å²) in [6.07, 6.45) is 4.99. The topological polar surface area (TPSA) is 57.2 Å². The van der Waals surface area contributed by atoms with E-state index in [1.54, 1.807) is 17.3 Å².